The summed E-state index contributed by atoms with van der Waals surface area (Å²) < 4.78 is 0. The third kappa shape index (κ3) is 3.66. The van der Waals surface area contributed by atoms with Gasteiger partial charge in [-0.2, -0.15) is 5.26 Å². The molecular weight excluding hydrogens is 222 g/mol. The largest absolute Gasteiger partial charge is 0.397 e. The van der Waals surface area contributed by atoms with Gasteiger partial charge in [-0.15, -0.1) is 0 Å². The number of hydrogen-bond acceptors (Lipinski definition) is 3. The van der Waals surface area contributed by atoms with Gasteiger partial charge < -0.3 is 10.6 Å². The number of unbranched alkanes of at least 4 members (excludes halogenated alkanes) is 2. The van der Waals surface area contributed by atoms with E-state index in [0.29, 0.717) is 11.6 Å². The lowest BCUT2D eigenvalue weighted by molar-refractivity contribution is 0.626. The van der Waals surface area contributed by atoms with Gasteiger partial charge in [0.1, 0.15) is 0 Å². The van der Waals surface area contributed by atoms with Crippen LogP contribution < -0.4 is 10.6 Å². The first-order valence-corrected chi connectivity index (χ1v) is 6.66. The molecule has 0 aliphatic heterocycles. The lowest BCUT2D eigenvalue weighted by Crippen LogP contribution is -2.32. The standard InChI is InChI=1S/C15H23N3/c1-4-5-6-9-18(12(2)3)15-10-13(11-16)7-8-14(15)17/h7-8,10,12H,4-6,9,17H2,1-3H3. The van der Waals surface area contributed by atoms with E-state index in [-0.39, 0.29) is 0 Å². The molecule has 0 bridgehead atoms. The molecule has 0 aliphatic carbocycles. The highest BCUT2D eigenvalue weighted by Gasteiger charge is 2.13. The Hall–Kier alpha value is -1.69. The van der Waals surface area contributed by atoms with Crippen molar-refractivity contribution in [2.45, 2.75) is 46.1 Å². The first-order valence-electron chi connectivity index (χ1n) is 6.66. The van der Waals surface area contributed by atoms with Crippen LogP contribution in [0.1, 0.15) is 45.6 Å². The molecule has 0 aromatic heterocycles. The minimum Gasteiger partial charge on any atom is -0.397 e. The van der Waals surface area contributed by atoms with E-state index in [1.165, 1.54) is 12.8 Å². The van der Waals surface area contributed by atoms with Crippen LogP contribution in [-0.2, 0) is 0 Å². The van der Waals surface area contributed by atoms with E-state index in [9.17, 15) is 0 Å². The van der Waals surface area contributed by atoms with Crippen LogP contribution in [0.25, 0.3) is 0 Å². The van der Waals surface area contributed by atoms with Crippen LogP contribution in [0.3, 0.4) is 0 Å². The van der Waals surface area contributed by atoms with Gasteiger partial charge in [-0.3, -0.25) is 0 Å². The van der Waals surface area contributed by atoms with Gasteiger partial charge in [-0.1, -0.05) is 19.8 Å². The predicted octanol–water partition coefficient (Wildman–Crippen LogP) is 3.55. The predicted molar refractivity (Wildman–Crippen MR) is 77.6 cm³/mol. The first kappa shape index (κ1) is 14.4. The van der Waals surface area contributed by atoms with E-state index >= 15 is 0 Å². The van der Waals surface area contributed by atoms with Gasteiger partial charge in [0.15, 0.2) is 0 Å². The summed E-state index contributed by atoms with van der Waals surface area (Å²) >= 11 is 0. The van der Waals surface area contributed by atoms with Gasteiger partial charge in [-0.25, -0.2) is 0 Å². The van der Waals surface area contributed by atoms with Crippen LogP contribution in [0, 0.1) is 11.3 Å². The SMILES string of the molecule is CCCCCN(c1cc(C#N)ccc1N)C(C)C. The fraction of sp³-hybridized carbons (Fsp3) is 0.533. The van der Waals surface area contributed by atoms with Gasteiger partial charge in [-0.05, 0) is 38.5 Å². The highest BCUT2D eigenvalue weighted by Crippen LogP contribution is 2.26. The molecule has 1 aromatic rings. The van der Waals surface area contributed by atoms with E-state index in [4.69, 9.17) is 11.0 Å². The number of hydrogen-bond donors (Lipinski definition) is 1. The molecule has 1 rings (SSSR count). The summed E-state index contributed by atoms with van der Waals surface area (Å²) in [4.78, 5) is 2.28. The summed E-state index contributed by atoms with van der Waals surface area (Å²) in [7, 11) is 0. The minimum atomic E-state index is 0.387. The fourth-order valence-electron chi connectivity index (χ4n) is 2.05. The van der Waals surface area contributed by atoms with E-state index < -0.39 is 0 Å². The molecular formula is C15H23N3. The molecule has 0 atom stereocenters. The molecule has 0 amide bonds. The number of benzene rings is 1. The topological polar surface area (TPSA) is 53.0 Å². The summed E-state index contributed by atoms with van der Waals surface area (Å²) in [5.74, 6) is 0. The Bertz CT molecular complexity index is 418. The number of nitriles is 1. The Labute approximate surface area is 110 Å². The van der Waals surface area contributed by atoms with Crippen molar-refractivity contribution < 1.29 is 0 Å². The van der Waals surface area contributed by atoms with Crippen LogP contribution in [0.15, 0.2) is 18.2 Å². The monoisotopic (exact) mass is 245 g/mol. The molecule has 0 aliphatic rings. The summed E-state index contributed by atoms with van der Waals surface area (Å²) in [5, 5.41) is 8.98. The molecule has 0 unspecified atom stereocenters. The molecule has 0 spiro atoms. The lowest BCUT2D eigenvalue weighted by atomic mass is 10.1. The fourth-order valence-corrected chi connectivity index (χ4v) is 2.05. The maximum atomic E-state index is 8.98. The van der Waals surface area contributed by atoms with Crippen LogP contribution in [0.2, 0.25) is 0 Å². The molecule has 0 heterocycles. The Morgan fingerprint density at radius 3 is 2.61 bits per heavy atom. The van der Waals surface area contributed by atoms with Crippen molar-refractivity contribution in [1.29, 1.82) is 5.26 Å². The average molecular weight is 245 g/mol. The second-order valence-electron chi connectivity index (χ2n) is 4.88. The number of rotatable bonds is 6. The molecule has 3 heteroatoms. The highest BCUT2D eigenvalue weighted by atomic mass is 15.2. The second-order valence-corrected chi connectivity index (χ2v) is 4.88. The molecule has 1 aromatic carbocycles. The molecule has 18 heavy (non-hydrogen) atoms. The van der Waals surface area contributed by atoms with Crippen molar-refractivity contribution in [2.24, 2.45) is 0 Å². The van der Waals surface area contributed by atoms with Gasteiger partial charge in [0.05, 0.1) is 23.0 Å². The molecule has 2 N–H and O–H groups in total. The zero-order valence-electron chi connectivity index (χ0n) is 11.6. The van der Waals surface area contributed by atoms with Crippen molar-refractivity contribution in [1.82, 2.24) is 0 Å². The molecule has 0 radical (unpaired) electrons. The lowest BCUT2D eigenvalue weighted by Gasteiger charge is -2.30. The number of anilines is 2. The highest BCUT2D eigenvalue weighted by molar-refractivity contribution is 5.70. The van der Waals surface area contributed by atoms with Gasteiger partial charge in [0.25, 0.3) is 0 Å². The van der Waals surface area contributed by atoms with Crippen LogP contribution in [0.4, 0.5) is 11.4 Å². The van der Waals surface area contributed by atoms with Crippen molar-refractivity contribution in [2.75, 3.05) is 17.2 Å². The smallest absolute Gasteiger partial charge is 0.0992 e. The summed E-state index contributed by atoms with van der Waals surface area (Å²) in [6.07, 6.45) is 3.59. The normalized spacial score (nSPS) is 10.4. The van der Waals surface area contributed by atoms with Gasteiger partial charge in [0, 0.05) is 12.6 Å². The second kappa shape index (κ2) is 6.90. The Balaban J connectivity index is 2.94. The first-order chi connectivity index (χ1) is 8.60. The van der Waals surface area contributed by atoms with Crippen molar-refractivity contribution in [3.63, 3.8) is 0 Å². The van der Waals surface area contributed by atoms with Crippen LogP contribution in [0.5, 0.6) is 0 Å². The molecule has 3 nitrogen and oxygen atoms in total. The number of nitrogens with zero attached hydrogens (tertiary/aromatic N) is 2. The zero-order valence-corrected chi connectivity index (χ0v) is 11.6. The minimum absolute atomic E-state index is 0.387. The third-order valence-electron chi connectivity index (χ3n) is 3.09. The molecule has 98 valence electrons. The third-order valence-corrected chi connectivity index (χ3v) is 3.09. The van der Waals surface area contributed by atoms with E-state index in [2.05, 4.69) is 31.7 Å². The van der Waals surface area contributed by atoms with E-state index in [0.717, 1.165) is 24.3 Å². The van der Waals surface area contributed by atoms with Gasteiger partial charge in [0.2, 0.25) is 0 Å². The Morgan fingerprint density at radius 1 is 1.33 bits per heavy atom. The summed E-state index contributed by atoms with van der Waals surface area (Å²) in [6, 6.07) is 8.04. The quantitative estimate of drug-likeness (QED) is 0.616. The van der Waals surface area contributed by atoms with E-state index in [1.54, 1.807) is 6.07 Å². The molecule has 0 saturated carbocycles. The number of nitrogens with two attached hydrogens (primary N) is 1. The van der Waals surface area contributed by atoms with Crippen molar-refractivity contribution in [3.05, 3.63) is 23.8 Å². The van der Waals surface area contributed by atoms with Crippen molar-refractivity contribution in [3.8, 4) is 6.07 Å². The summed E-state index contributed by atoms with van der Waals surface area (Å²) in [6.45, 7) is 7.50. The maximum absolute atomic E-state index is 8.98. The maximum Gasteiger partial charge on any atom is 0.0992 e. The van der Waals surface area contributed by atoms with E-state index in [1.807, 2.05) is 12.1 Å². The Kier molecular flexibility index (Phi) is 5.51. The number of nitrogen functional groups attached to an aromatic ring is 1. The average Bonchev–Trinajstić information content (AvgIpc) is 2.35. The molecule has 0 fully saturated rings. The summed E-state index contributed by atoms with van der Waals surface area (Å²) in [5.41, 5.74) is 8.44. The molecule has 0 saturated heterocycles. The van der Waals surface area contributed by atoms with Crippen molar-refractivity contribution >= 4 is 11.4 Å². The van der Waals surface area contributed by atoms with Crippen LogP contribution >= 0.6 is 0 Å². The van der Waals surface area contributed by atoms with Crippen LogP contribution in [-0.4, -0.2) is 12.6 Å². The Morgan fingerprint density at radius 2 is 2.06 bits per heavy atom. The zero-order chi connectivity index (χ0) is 13.5. The van der Waals surface area contributed by atoms with Gasteiger partial charge >= 0.3 is 0 Å².